The number of nitriles is 1. The number of alkyl halides is 3. The zero-order valence-corrected chi connectivity index (χ0v) is 19.5. The Morgan fingerprint density at radius 3 is 2.50 bits per heavy atom. The van der Waals surface area contributed by atoms with Crippen LogP contribution in [0.15, 0.2) is 65.9 Å². The Labute approximate surface area is 214 Å². The van der Waals surface area contributed by atoms with Crippen molar-refractivity contribution in [3.63, 3.8) is 0 Å². The highest BCUT2D eigenvalue weighted by atomic mass is 19.4. The van der Waals surface area contributed by atoms with Crippen molar-refractivity contribution in [2.45, 2.75) is 32.1 Å². The van der Waals surface area contributed by atoms with Gasteiger partial charge in [0.25, 0.3) is 5.91 Å². The predicted octanol–water partition coefficient (Wildman–Crippen LogP) is 3.32. The highest BCUT2D eigenvalue weighted by Crippen LogP contribution is 2.31. The highest BCUT2D eigenvalue weighted by Gasteiger charge is 2.33. The van der Waals surface area contributed by atoms with Gasteiger partial charge < -0.3 is 15.2 Å². The molecule has 0 saturated heterocycles. The lowest BCUT2D eigenvalue weighted by molar-refractivity contribution is -0.274. The van der Waals surface area contributed by atoms with Gasteiger partial charge in [-0.1, -0.05) is 42.5 Å². The Kier molecular flexibility index (Phi) is 7.63. The number of benzene rings is 2. The van der Waals surface area contributed by atoms with E-state index < -0.39 is 30.3 Å². The van der Waals surface area contributed by atoms with E-state index in [0.717, 1.165) is 16.5 Å². The maximum absolute atomic E-state index is 13.1. The Hall–Kier alpha value is -4.83. The molecular weight excluding hydrogens is 505 g/mol. The monoisotopic (exact) mass is 524 g/mol. The van der Waals surface area contributed by atoms with Crippen LogP contribution in [0.25, 0.3) is 11.1 Å². The van der Waals surface area contributed by atoms with E-state index in [-0.39, 0.29) is 42.2 Å². The van der Waals surface area contributed by atoms with E-state index in [2.05, 4.69) is 25.0 Å². The summed E-state index contributed by atoms with van der Waals surface area (Å²) in [5.41, 5.74) is 1.12. The first-order valence-electron chi connectivity index (χ1n) is 11.1. The molecule has 194 valence electrons. The summed E-state index contributed by atoms with van der Waals surface area (Å²) in [5, 5.41) is 21.6. The van der Waals surface area contributed by atoms with Gasteiger partial charge >= 0.3 is 12.4 Å². The molecule has 1 aromatic heterocycles. The van der Waals surface area contributed by atoms with Crippen LogP contribution in [-0.2, 0) is 17.9 Å². The van der Waals surface area contributed by atoms with Crippen molar-refractivity contribution in [3.05, 3.63) is 77.9 Å². The maximum atomic E-state index is 13.1. The fourth-order valence-corrected chi connectivity index (χ4v) is 3.64. The molecule has 38 heavy (non-hydrogen) atoms. The number of carbonyl (C=O) groups is 2. The summed E-state index contributed by atoms with van der Waals surface area (Å²) < 4.78 is 43.3. The molecule has 0 aliphatic carbocycles. The molecule has 2 heterocycles. The zero-order valence-electron chi connectivity index (χ0n) is 19.5. The number of aliphatic hydroxyl groups excluding tert-OH is 1. The molecule has 1 atom stereocenters. The number of ether oxygens (including phenoxy) is 1. The standard InChI is InChI=1S/C25H19F3N6O4/c26-25(27,28)38-20-8-16(18-12-30-21(10-29)31-13-18)6-7-17(20)11-32-23(36)19-9-22(35)34(24(37)33-19)14-15-4-2-1-3-5-15/h1-8,12-13,22,35H,9,11,14H2,(H,32,36). The lowest BCUT2D eigenvalue weighted by Gasteiger charge is -2.30. The van der Waals surface area contributed by atoms with E-state index in [1.165, 1.54) is 24.5 Å². The minimum absolute atomic E-state index is 0.0111. The van der Waals surface area contributed by atoms with Crippen molar-refractivity contribution in [2.24, 2.45) is 4.99 Å². The molecule has 0 fully saturated rings. The minimum atomic E-state index is -5.01. The lowest BCUT2D eigenvalue weighted by Crippen LogP contribution is -2.46. The van der Waals surface area contributed by atoms with E-state index in [0.29, 0.717) is 5.56 Å². The summed E-state index contributed by atoms with van der Waals surface area (Å²) in [4.78, 5) is 37.5. The molecule has 2 aromatic carbocycles. The summed E-state index contributed by atoms with van der Waals surface area (Å²) in [5.74, 6) is -1.49. The zero-order chi connectivity index (χ0) is 27.3. The molecule has 3 aromatic rings. The van der Waals surface area contributed by atoms with E-state index in [1.54, 1.807) is 36.4 Å². The molecule has 1 unspecified atom stereocenters. The van der Waals surface area contributed by atoms with Crippen LogP contribution in [0.4, 0.5) is 18.0 Å². The molecular formula is C25H19F3N6O4. The minimum Gasteiger partial charge on any atom is -0.405 e. The summed E-state index contributed by atoms with van der Waals surface area (Å²) >= 11 is 0. The van der Waals surface area contributed by atoms with Crippen molar-refractivity contribution in [1.82, 2.24) is 20.2 Å². The van der Waals surface area contributed by atoms with Crippen molar-refractivity contribution in [2.75, 3.05) is 0 Å². The third-order valence-electron chi connectivity index (χ3n) is 5.49. The average molecular weight is 524 g/mol. The molecule has 0 spiro atoms. The van der Waals surface area contributed by atoms with E-state index >= 15 is 0 Å². The van der Waals surface area contributed by atoms with Gasteiger partial charge in [-0.25, -0.2) is 14.8 Å². The number of aliphatic hydroxyl groups is 1. The number of halogens is 3. The molecule has 4 rings (SSSR count). The number of nitrogens with one attached hydrogen (secondary N) is 1. The van der Waals surface area contributed by atoms with Gasteiger partial charge in [-0.05, 0) is 17.2 Å². The first-order valence-corrected chi connectivity index (χ1v) is 11.1. The van der Waals surface area contributed by atoms with Crippen LogP contribution in [0.2, 0.25) is 0 Å². The number of rotatable bonds is 7. The molecule has 2 N–H and O–H groups in total. The Balaban J connectivity index is 1.48. The van der Waals surface area contributed by atoms with Crippen molar-refractivity contribution in [1.29, 1.82) is 5.26 Å². The molecule has 0 bridgehead atoms. The molecule has 0 saturated carbocycles. The van der Waals surface area contributed by atoms with Gasteiger partial charge in [-0.2, -0.15) is 10.3 Å². The van der Waals surface area contributed by atoms with Crippen molar-refractivity contribution < 1.29 is 32.6 Å². The second-order valence-corrected chi connectivity index (χ2v) is 8.10. The molecule has 3 amide bonds. The van der Waals surface area contributed by atoms with Gasteiger partial charge in [-0.15, -0.1) is 13.2 Å². The maximum Gasteiger partial charge on any atom is 0.573 e. The second-order valence-electron chi connectivity index (χ2n) is 8.10. The third-order valence-corrected chi connectivity index (χ3v) is 5.49. The summed E-state index contributed by atoms with van der Waals surface area (Å²) in [6, 6.07) is 13.7. The van der Waals surface area contributed by atoms with Crippen LogP contribution in [0.5, 0.6) is 5.75 Å². The van der Waals surface area contributed by atoms with Gasteiger partial charge in [0.1, 0.15) is 23.8 Å². The third kappa shape index (κ3) is 6.48. The Bertz CT molecular complexity index is 1410. The first-order chi connectivity index (χ1) is 18.1. The number of carbonyl (C=O) groups excluding carboxylic acids is 2. The SMILES string of the molecule is N#Cc1ncc(-c2ccc(CNC(=O)C3=NC(=O)N(Cc4ccccc4)C(O)C3)c(OC(F)(F)F)c2)cn1. The normalized spacial score (nSPS) is 15.4. The smallest absolute Gasteiger partial charge is 0.405 e. The number of hydrogen-bond donors (Lipinski definition) is 2. The van der Waals surface area contributed by atoms with E-state index in [4.69, 9.17) is 5.26 Å². The number of aliphatic imine (C=N–C) groups is 1. The molecule has 1 aliphatic rings. The molecule has 1 aliphatic heterocycles. The van der Waals surface area contributed by atoms with Gasteiger partial charge in [0, 0.05) is 36.5 Å². The predicted molar refractivity (Wildman–Crippen MR) is 126 cm³/mol. The fourth-order valence-electron chi connectivity index (χ4n) is 3.64. The fraction of sp³-hybridized carbons (Fsp3) is 0.200. The molecule has 0 radical (unpaired) electrons. The number of hydrogen-bond acceptors (Lipinski definition) is 7. The van der Waals surface area contributed by atoms with Crippen LogP contribution < -0.4 is 10.1 Å². The van der Waals surface area contributed by atoms with Gasteiger partial charge in [-0.3, -0.25) is 9.69 Å². The molecule has 13 heteroatoms. The van der Waals surface area contributed by atoms with Gasteiger partial charge in [0.05, 0.1) is 6.54 Å². The lowest BCUT2D eigenvalue weighted by atomic mass is 10.1. The van der Waals surface area contributed by atoms with Crippen LogP contribution in [0, 0.1) is 11.3 Å². The molecule has 10 nitrogen and oxygen atoms in total. The summed E-state index contributed by atoms with van der Waals surface area (Å²) in [6.07, 6.45) is -4.01. The number of aromatic nitrogens is 2. The van der Waals surface area contributed by atoms with Crippen LogP contribution in [-0.4, -0.2) is 50.2 Å². The summed E-state index contributed by atoms with van der Waals surface area (Å²) in [7, 11) is 0. The summed E-state index contributed by atoms with van der Waals surface area (Å²) in [6.45, 7) is -0.292. The van der Waals surface area contributed by atoms with E-state index in [9.17, 15) is 27.9 Å². The van der Waals surface area contributed by atoms with Crippen LogP contribution >= 0.6 is 0 Å². The van der Waals surface area contributed by atoms with E-state index in [1.807, 2.05) is 0 Å². The number of urea groups is 1. The first kappa shape index (κ1) is 26.2. The highest BCUT2D eigenvalue weighted by molar-refractivity contribution is 6.40. The van der Waals surface area contributed by atoms with Crippen LogP contribution in [0.1, 0.15) is 23.4 Å². The van der Waals surface area contributed by atoms with Crippen LogP contribution in [0.3, 0.4) is 0 Å². The Morgan fingerprint density at radius 2 is 1.87 bits per heavy atom. The average Bonchev–Trinajstić information content (AvgIpc) is 2.89. The van der Waals surface area contributed by atoms with Gasteiger partial charge in [0.15, 0.2) is 0 Å². The largest absolute Gasteiger partial charge is 0.573 e. The quantitative estimate of drug-likeness (QED) is 0.483. The number of amides is 3. The second kappa shape index (κ2) is 11.1. The van der Waals surface area contributed by atoms with Gasteiger partial charge in [0.2, 0.25) is 5.82 Å². The Morgan fingerprint density at radius 1 is 1.16 bits per heavy atom. The van der Waals surface area contributed by atoms with Crippen molar-refractivity contribution >= 4 is 17.6 Å². The number of nitrogens with zero attached hydrogens (tertiary/aromatic N) is 5. The topological polar surface area (TPSA) is 141 Å². The van der Waals surface area contributed by atoms with Crippen molar-refractivity contribution in [3.8, 4) is 22.9 Å².